The lowest BCUT2D eigenvalue weighted by Crippen LogP contribution is -2.25. The van der Waals surface area contributed by atoms with E-state index in [4.69, 9.17) is 5.11 Å². The lowest BCUT2D eigenvalue weighted by Gasteiger charge is -2.15. The van der Waals surface area contributed by atoms with Crippen LogP contribution in [0.15, 0.2) is 12.4 Å². The summed E-state index contributed by atoms with van der Waals surface area (Å²) < 4.78 is 26.0. The molecule has 0 aliphatic heterocycles. The van der Waals surface area contributed by atoms with Crippen LogP contribution in [-0.4, -0.2) is 27.8 Å². The third kappa shape index (κ3) is 4.70. The maximum absolute atomic E-state index is 12.6. The summed E-state index contributed by atoms with van der Waals surface area (Å²) in [7, 11) is 0. The maximum Gasteiger partial charge on any atom is 0.319 e. The van der Waals surface area contributed by atoms with Crippen molar-refractivity contribution in [2.24, 2.45) is 5.92 Å². The molecule has 1 aromatic rings. The monoisotopic (exact) mass is 261 g/mol. The van der Waals surface area contributed by atoms with Crippen LogP contribution in [0.3, 0.4) is 0 Å². The third-order valence-electron chi connectivity index (χ3n) is 2.91. The van der Waals surface area contributed by atoms with Crippen LogP contribution in [0.25, 0.3) is 0 Å². The molecule has 0 spiro atoms. The molecule has 1 atom stereocenters. The van der Waals surface area contributed by atoms with Crippen molar-refractivity contribution in [3.8, 4) is 0 Å². The molecule has 1 rings (SSSR count). The van der Waals surface area contributed by atoms with E-state index in [9.17, 15) is 8.78 Å². The maximum atomic E-state index is 12.6. The number of hydrogen-bond donors (Lipinski definition) is 2. The quantitative estimate of drug-likeness (QED) is 0.716. The minimum absolute atomic E-state index is 0.165. The zero-order chi connectivity index (χ0) is 13.4. The molecular formula is C12H21F2N3O. The van der Waals surface area contributed by atoms with Crippen LogP contribution in [0.4, 0.5) is 8.78 Å². The first-order chi connectivity index (χ1) is 8.69. The van der Waals surface area contributed by atoms with Gasteiger partial charge >= 0.3 is 6.55 Å². The fourth-order valence-electron chi connectivity index (χ4n) is 1.99. The largest absolute Gasteiger partial charge is 0.396 e. The van der Waals surface area contributed by atoms with Gasteiger partial charge in [-0.25, -0.2) is 4.98 Å². The molecule has 0 bridgehead atoms. The molecule has 18 heavy (non-hydrogen) atoms. The summed E-state index contributed by atoms with van der Waals surface area (Å²) in [5, 5.41) is 12.0. The van der Waals surface area contributed by atoms with Gasteiger partial charge in [-0.3, -0.25) is 4.57 Å². The number of imidazole rings is 1. The minimum atomic E-state index is -2.55. The van der Waals surface area contributed by atoms with E-state index in [0.29, 0.717) is 24.8 Å². The Morgan fingerprint density at radius 1 is 1.44 bits per heavy atom. The number of halogens is 2. The van der Waals surface area contributed by atoms with E-state index in [0.717, 1.165) is 23.8 Å². The average Bonchev–Trinajstić information content (AvgIpc) is 2.78. The van der Waals surface area contributed by atoms with Crippen molar-refractivity contribution in [2.45, 2.75) is 39.3 Å². The standard InChI is InChI=1S/C12H21F2N3O/c1-2-3-10(4-7-18)8-15-9-11-16-5-6-17(11)12(13)14/h5-6,10,12,15,18H,2-4,7-9H2,1H3. The van der Waals surface area contributed by atoms with Gasteiger partial charge in [-0.15, -0.1) is 0 Å². The second-order valence-corrected chi connectivity index (χ2v) is 4.33. The molecule has 0 saturated carbocycles. The van der Waals surface area contributed by atoms with E-state index >= 15 is 0 Å². The summed E-state index contributed by atoms with van der Waals surface area (Å²) in [5.74, 6) is 0.721. The molecule has 0 aromatic carbocycles. The number of nitrogens with zero attached hydrogens (tertiary/aromatic N) is 2. The summed E-state index contributed by atoms with van der Waals surface area (Å²) in [5.41, 5.74) is 0. The molecule has 4 nitrogen and oxygen atoms in total. The summed E-state index contributed by atoms with van der Waals surface area (Å²) >= 11 is 0. The first kappa shape index (κ1) is 15.0. The van der Waals surface area contributed by atoms with Crippen LogP contribution in [0.1, 0.15) is 38.6 Å². The van der Waals surface area contributed by atoms with Crippen molar-refractivity contribution in [1.29, 1.82) is 0 Å². The van der Waals surface area contributed by atoms with Crippen LogP contribution in [0, 0.1) is 5.92 Å². The number of nitrogens with one attached hydrogen (secondary N) is 1. The van der Waals surface area contributed by atoms with E-state index in [1.165, 1.54) is 12.4 Å². The summed E-state index contributed by atoms with van der Waals surface area (Å²) in [6, 6.07) is 0. The van der Waals surface area contributed by atoms with Gasteiger partial charge in [0.15, 0.2) is 0 Å². The number of hydrogen-bond acceptors (Lipinski definition) is 3. The van der Waals surface area contributed by atoms with E-state index in [-0.39, 0.29) is 6.61 Å². The summed E-state index contributed by atoms with van der Waals surface area (Å²) in [6.07, 6.45) is 5.47. The summed E-state index contributed by atoms with van der Waals surface area (Å²) in [6.45, 7) is 0.743. The lowest BCUT2D eigenvalue weighted by atomic mass is 10.0. The van der Waals surface area contributed by atoms with Gasteiger partial charge in [0.25, 0.3) is 0 Å². The Balaban J connectivity index is 2.37. The Bertz CT molecular complexity index is 325. The van der Waals surface area contributed by atoms with Gasteiger partial charge in [0.1, 0.15) is 5.82 Å². The molecule has 6 heteroatoms. The molecular weight excluding hydrogens is 240 g/mol. The van der Waals surface area contributed by atoms with Crippen molar-refractivity contribution in [3.05, 3.63) is 18.2 Å². The number of aliphatic hydroxyl groups excluding tert-OH is 1. The fraction of sp³-hybridized carbons (Fsp3) is 0.750. The Morgan fingerprint density at radius 3 is 2.83 bits per heavy atom. The van der Waals surface area contributed by atoms with Crippen LogP contribution >= 0.6 is 0 Å². The van der Waals surface area contributed by atoms with Gasteiger partial charge in [0.2, 0.25) is 0 Å². The molecule has 0 aliphatic rings. The first-order valence-electron chi connectivity index (χ1n) is 6.30. The number of rotatable bonds is 9. The topological polar surface area (TPSA) is 50.1 Å². The van der Waals surface area contributed by atoms with Crippen LogP contribution in [0.2, 0.25) is 0 Å². The average molecular weight is 261 g/mol. The first-order valence-corrected chi connectivity index (χ1v) is 6.30. The molecule has 2 N–H and O–H groups in total. The Labute approximate surface area is 106 Å². The van der Waals surface area contributed by atoms with Crippen molar-refractivity contribution in [1.82, 2.24) is 14.9 Å². The highest BCUT2D eigenvalue weighted by molar-refractivity contribution is 4.92. The van der Waals surface area contributed by atoms with E-state index in [1.54, 1.807) is 0 Å². The van der Waals surface area contributed by atoms with Crippen LogP contribution in [0.5, 0.6) is 0 Å². The van der Waals surface area contributed by atoms with Crippen molar-refractivity contribution >= 4 is 0 Å². The van der Waals surface area contributed by atoms with Gasteiger partial charge in [-0.05, 0) is 25.3 Å². The number of aliphatic hydroxyl groups is 1. The zero-order valence-corrected chi connectivity index (χ0v) is 10.6. The van der Waals surface area contributed by atoms with Gasteiger partial charge in [0, 0.05) is 19.0 Å². The highest BCUT2D eigenvalue weighted by atomic mass is 19.3. The second kappa shape index (κ2) is 8.16. The van der Waals surface area contributed by atoms with Gasteiger partial charge in [-0.2, -0.15) is 8.78 Å². The predicted molar refractivity (Wildman–Crippen MR) is 65.3 cm³/mol. The minimum Gasteiger partial charge on any atom is -0.396 e. The zero-order valence-electron chi connectivity index (χ0n) is 10.6. The SMILES string of the molecule is CCCC(CCO)CNCc1nccn1C(F)F. The van der Waals surface area contributed by atoms with E-state index in [2.05, 4.69) is 17.2 Å². The fourth-order valence-corrected chi connectivity index (χ4v) is 1.99. The third-order valence-corrected chi connectivity index (χ3v) is 2.91. The highest BCUT2D eigenvalue weighted by Gasteiger charge is 2.12. The number of aromatic nitrogens is 2. The van der Waals surface area contributed by atoms with Crippen molar-refractivity contribution in [2.75, 3.05) is 13.2 Å². The van der Waals surface area contributed by atoms with Crippen LogP contribution in [-0.2, 0) is 6.54 Å². The van der Waals surface area contributed by atoms with Gasteiger partial charge in [-0.1, -0.05) is 13.3 Å². The van der Waals surface area contributed by atoms with Gasteiger partial charge < -0.3 is 10.4 Å². The number of alkyl halides is 2. The second-order valence-electron chi connectivity index (χ2n) is 4.33. The molecule has 1 heterocycles. The Kier molecular flexibility index (Phi) is 6.82. The smallest absolute Gasteiger partial charge is 0.319 e. The van der Waals surface area contributed by atoms with Crippen LogP contribution < -0.4 is 5.32 Å². The molecule has 1 unspecified atom stereocenters. The lowest BCUT2D eigenvalue weighted by molar-refractivity contribution is 0.0665. The Hall–Kier alpha value is -1.01. The molecule has 0 radical (unpaired) electrons. The molecule has 104 valence electrons. The molecule has 0 fully saturated rings. The predicted octanol–water partition coefficient (Wildman–Crippen LogP) is 2.17. The highest BCUT2D eigenvalue weighted by Crippen LogP contribution is 2.13. The molecule has 0 amide bonds. The normalized spacial score (nSPS) is 13.2. The Morgan fingerprint density at radius 2 is 2.22 bits per heavy atom. The summed E-state index contributed by atoms with van der Waals surface area (Å²) in [4.78, 5) is 3.90. The van der Waals surface area contributed by atoms with Crippen molar-refractivity contribution < 1.29 is 13.9 Å². The molecule has 0 aliphatic carbocycles. The molecule has 0 saturated heterocycles. The molecule has 1 aromatic heterocycles. The van der Waals surface area contributed by atoms with E-state index in [1.807, 2.05) is 0 Å². The van der Waals surface area contributed by atoms with Crippen molar-refractivity contribution in [3.63, 3.8) is 0 Å². The van der Waals surface area contributed by atoms with E-state index < -0.39 is 6.55 Å². The van der Waals surface area contributed by atoms with Gasteiger partial charge in [0.05, 0.1) is 6.54 Å².